The number of benzene rings is 1. The lowest BCUT2D eigenvalue weighted by Crippen LogP contribution is -2.79. The number of carbonyl (C=O) groups excluding carboxylic acids is 1. The summed E-state index contributed by atoms with van der Waals surface area (Å²) in [6.07, 6.45) is 18.8. The van der Waals surface area contributed by atoms with E-state index in [1.54, 1.807) is 0 Å². The standard InChI is InChI=1S/C32H58NO6P/c1-4-6-7-8-9-10-11-12-13-14-15-16-24-37-32-21-19-29(20-22-32)26-30(27-31(34)18-5-2)28-39-40(35,36)38-25-17-23-33-3/h19-22,30,33H,4-18,23-28H2,1-3H3,(H,35,36)/p+1. The molecule has 232 valence electrons. The second kappa shape index (κ2) is 24.4. The third-order valence-corrected chi connectivity index (χ3v) is 8.11. The molecule has 0 aliphatic heterocycles. The average molecular weight is 585 g/mol. The number of carbonyl (C=O) groups is 1. The largest absolute Gasteiger partial charge is 0.494 e. The topological polar surface area (TPSA) is 98.7 Å². The maximum atomic E-state index is 12.3. The first-order chi connectivity index (χ1) is 19.4. The van der Waals surface area contributed by atoms with Crippen molar-refractivity contribution in [2.75, 3.05) is 33.4 Å². The van der Waals surface area contributed by atoms with Crippen molar-refractivity contribution < 1.29 is 33.4 Å². The van der Waals surface area contributed by atoms with Crippen molar-refractivity contribution in [1.82, 2.24) is 0 Å². The molecule has 0 saturated carbocycles. The number of ketones is 1. The van der Waals surface area contributed by atoms with Gasteiger partial charge >= 0.3 is 7.82 Å². The molecule has 0 radical (unpaired) electrons. The van der Waals surface area contributed by atoms with Crippen LogP contribution in [0.3, 0.4) is 0 Å². The quantitative estimate of drug-likeness (QED) is 0.0787. The summed E-state index contributed by atoms with van der Waals surface area (Å²) in [4.78, 5) is 22.3. The number of Topliss-reactive ketones (excluding diaryl/α,β-unsaturated/α-hetero) is 1. The summed E-state index contributed by atoms with van der Waals surface area (Å²) < 4.78 is 28.5. The van der Waals surface area contributed by atoms with Gasteiger partial charge in [-0.15, -0.1) is 0 Å². The monoisotopic (exact) mass is 584 g/mol. The van der Waals surface area contributed by atoms with Crippen molar-refractivity contribution in [1.29, 1.82) is 0 Å². The van der Waals surface area contributed by atoms with E-state index in [1.165, 1.54) is 70.6 Å². The lowest BCUT2D eigenvalue weighted by Gasteiger charge is -2.19. The van der Waals surface area contributed by atoms with Gasteiger partial charge in [0.2, 0.25) is 0 Å². The lowest BCUT2D eigenvalue weighted by atomic mass is 9.94. The van der Waals surface area contributed by atoms with Gasteiger partial charge in [-0.25, -0.2) is 4.57 Å². The fraction of sp³-hybridized carbons (Fsp3) is 0.781. The van der Waals surface area contributed by atoms with Gasteiger partial charge in [0, 0.05) is 19.3 Å². The molecule has 0 aromatic heterocycles. The molecule has 0 bridgehead atoms. The maximum Gasteiger partial charge on any atom is 0.472 e. The molecule has 0 fully saturated rings. The van der Waals surface area contributed by atoms with Crippen LogP contribution in [0.25, 0.3) is 0 Å². The molecule has 2 unspecified atom stereocenters. The first kappa shape index (κ1) is 36.8. The van der Waals surface area contributed by atoms with Crippen LogP contribution in [0.4, 0.5) is 0 Å². The molecule has 1 aromatic carbocycles. The molecule has 1 aromatic rings. The zero-order chi connectivity index (χ0) is 29.3. The van der Waals surface area contributed by atoms with E-state index < -0.39 is 7.82 Å². The smallest absolute Gasteiger partial charge is 0.472 e. The third-order valence-electron chi connectivity index (χ3n) is 7.12. The highest BCUT2D eigenvalue weighted by atomic mass is 31.2. The molecule has 40 heavy (non-hydrogen) atoms. The third kappa shape index (κ3) is 20.6. The Kier molecular flexibility index (Phi) is 22.4. The van der Waals surface area contributed by atoms with Gasteiger partial charge in [-0.2, -0.15) is 0 Å². The van der Waals surface area contributed by atoms with E-state index in [2.05, 4.69) is 6.92 Å². The van der Waals surface area contributed by atoms with E-state index in [0.717, 1.165) is 37.3 Å². The number of ether oxygens (including phenoxy) is 1. The molecule has 0 spiro atoms. The van der Waals surface area contributed by atoms with E-state index >= 15 is 0 Å². The zero-order valence-electron chi connectivity index (χ0n) is 25.7. The highest BCUT2D eigenvalue weighted by Gasteiger charge is 2.24. The molecule has 8 heteroatoms. The van der Waals surface area contributed by atoms with Crippen LogP contribution in [0.2, 0.25) is 0 Å². The highest BCUT2D eigenvalue weighted by Crippen LogP contribution is 2.44. The van der Waals surface area contributed by atoms with Gasteiger partial charge in [-0.3, -0.25) is 13.8 Å². The summed E-state index contributed by atoms with van der Waals surface area (Å²) in [7, 11) is -2.20. The van der Waals surface area contributed by atoms with Gasteiger partial charge in [0.05, 0.1) is 33.4 Å². The van der Waals surface area contributed by atoms with Crippen LogP contribution >= 0.6 is 7.82 Å². The maximum absolute atomic E-state index is 12.3. The molecule has 0 saturated heterocycles. The molecule has 0 aliphatic carbocycles. The van der Waals surface area contributed by atoms with E-state index in [0.29, 0.717) is 25.7 Å². The van der Waals surface area contributed by atoms with Gasteiger partial charge in [-0.05, 0) is 42.9 Å². The van der Waals surface area contributed by atoms with E-state index in [1.807, 2.05) is 43.6 Å². The predicted molar refractivity (Wildman–Crippen MR) is 164 cm³/mol. The Morgan fingerprint density at radius 3 is 2.00 bits per heavy atom. The first-order valence-corrected chi connectivity index (χ1v) is 17.5. The van der Waals surface area contributed by atoms with Crippen molar-refractivity contribution >= 4 is 13.6 Å². The minimum absolute atomic E-state index is 0.000342. The average Bonchev–Trinajstić information content (AvgIpc) is 2.93. The van der Waals surface area contributed by atoms with Crippen LogP contribution in [0.15, 0.2) is 24.3 Å². The van der Waals surface area contributed by atoms with Crippen LogP contribution in [0.1, 0.15) is 122 Å². The number of nitrogens with two attached hydrogens (primary N) is 1. The molecule has 0 amide bonds. The van der Waals surface area contributed by atoms with Gasteiger partial charge in [0.15, 0.2) is 0 Å². The minimum atomic E-state index is -4.14. The van der Waals surface area contributed by atoms with Gasteiger partial charge in [0.1, 0.15) is 11.5 Å². The predicted octanol–water partition coefficient (Wildman–Crippen LogP) is 7.40. The summed E-state index contributed by atoms with van der Waals surface area (Å²) in [6, 6.07) is 7.94. The van der Waals surface area contributed by atoms with E-state index in [9.17, 15) is 14.3 Å². The van der Waals surface area contributed by atoms with Crippen LogP contribution in [-0.2, 0) is 24.8 Å². The molecular formula is C32H59NO6P+. The van der Waals surface area contributed by atoms with Crippen molar-refractivity contribution in [3.05, 3.63) is 29.8 Å². The zero-order valence-corrected chi connectivity index (χ0v) is 26.6. The Bertz CT molecular complexity index is 788. The fourth-order valence-corrected chi connectivity index (χ4v) is 5.62. The van der Waals surface area contributed by atoms with Gasteiger partial charge in [0.25, 0.3) is 0 Å². The molecule has 7 nitrogen and oxygen atoms in total. The fourth-order valence-electron chi connectivity index (χ4n) is 4.79. The Morgan fingerprint density at radius 2 is 1.43 bits per heavy atom. The number of hydrogen-bond acceptors (Lipinski definition) is 5. The summed E-state index contributed by atoms with van der Waals surface area (Å²) in [6.45, 7) is 5.94. The van der Waals surface area contributed by atoms with Crippen LogP contribution < -0.4 is 10.1 Å². The van der Waals surface area contributed by atoms with Crippen molar-refractivity contribution in [3.8, 4) is 5.75 Å². The Morgan fingerprint density at radius 1 is 0.825 bits per heavy atom. The first-order valence-electron chi connectivity index (χ1n) is 16.0. The number of rotatable bonds is 28. The minimum Gasteiger partial charge on any atom is -0.494 e. The van der Waals surface area contributed by atoms with E-state index in [-0.39, 0.29) is 24.9 Å². The molecule has 0 aliphatic rings. The van der Waals surface area contributed by atoms with E-state index in [4.69, 9.17) is 13.8 Å². The number of hydrogen-bond donors (Lipinski definition) is 2. The van der Waals surface area contributed by atoms with Crippen LogP contribution in [0, 0.1) is 5.92 Å². The SMILES string of the molecule is CCCCCCCCCCCCCCOc1ccc(CC(COP(=O)(O)OCCC[NH2+]C)CC(=O)CCC)cc1. The van der Waals surface area contributed by atoms with Crippen LogP contribution in [-0.4, -0.2) is 44.1 Å². The van der Waals surface area contributed by atoms with Crippen LogP contribution in [0.5, 0.6) is 5.75 Å². The number of unbranched alkanes of at least 4 members (excludes halogenated alkanes) is 11. The molecular weight excluding hydrogens is 525 g/mol. The summed E-state index contributed by atoms with van der Waals surface area (Å²) in [5.41, 5.74) is 1.04. The molecule has 1 rings (SSSR count). The highest BCUT2D eigenvalue weighted by molar-refractivity contribution is 7.47. The van der Waals surface area contributed by atoms with Gasteiger partial charge < -0.3 is 14.9 Å². The summed E-state index contributed by atoms with van der Waals surface area (Å²) in [5.74, 6) is 0.796. The van der Waals surface area contributed by atoms with Crippen molar-refractivity contribution in [3.63, 3.8) is 0 Å². The Hall–Kier alpha value is -1.24. The summed E-state index contributed by atoms with van der Waals surface area (Å²) in [5, 5.41) is 1.98. The van der Waals surface area contributed by atoms with Gasteiger partial charge in [-0.1, -0.05) is 96.6 Å². The number of phosphoric ester groups is 1. The number of phosphoric acid groups is 1. The Labute approximate surface area is 244 Å². The molecule has 0 heterocycles. The lowest BCUT2D eigenvalue weighted by molar-refractivity contribution is -0.627. The van der Waals surface area contributed by atoms with Crippen molar-refractivity contribution in [2.45, 2.75) is 123 Å². The second-order valence-electron chi connectivity index (χ2n) is 11.1. The molecule has 3 N–H and O–H groups in total. The van der Waals surface area contributed by atoms with Crippen molar-refractivity contribution in [2.24, 2.45) is 5.92 Å². The number of quaternary nitrogens is 1. The summed E-state index contributed by atoms with van der Waals surface area (Å²) >= 11 is 0. The normalized spacial score (nSPS) is 13.7. The second-order valence-corrected chi connectivity index (χ2v) is 12.5. The Balaban J connectivity index is 2.33. The molecule has 2 atom stereocenters.